The van der Waals surface area contributed by atoms with E-state index >= 15 is 0 Å². The minimum atomic E-state index is 0.226. The fourth-order valence-corrected chi connectivity index (χ4v) is 3.57. The second-order valence-corrected chi connectivity index (χ2v) is 6.59. The van der Waals surface area contributed by atoms with Crippen molar-refractivity contribution in [3.05, 3.63) is 59.3 Å². The number of hydrogen-bond donors (Lipinski definition) is 1. The van der Waals surface area contributed by atoms with Crippen molar-refractivity contribution in [3.63, 3.8) is 0 Å². The van der Waals surface area contributed by atoms with Crippen LogP contribution in [0.3, 0.4) is 0 Å². The highest BCUT2D eigenvalue weighted by Crippen LogP contribution is 2.26. The summed E-state index contributed by atoms with van der Waals surface area (Å²) in [5.74, 6) is 0.997. The van der Waals surface area contributed by atoms with Gasteiger partial charge in [-0.1, -0.05) is 36.4 Å². The van der Waals surface area contributed by atoms with E-state index in [1.165, 1.54) is 5.56 Å². The molecule has 0 spiro atoms. The molecule has 1 N–H and O–H groups in total. The molecule has 1 aromatic carbocycles. The van der Waals surface area contributed by atoms with Gasteiger partial charge in [0.05, 0.1) is 18.7 Å². The normalized spacial score (nSPS) is 21.6. The lowest BCUT2D eigenvalue weighted by Gasteiger charge is -2.38. The molecular weight excluding hydrogens is 322 g/mol. The largest absolute Gasteiger partial charge is 0.481 e. The number of ether oxygens (including phenoxy) is 1. The molecule has 5 heteroatoms. The zero-order valence-electron chi connectivity index (χ0n) is 14.2. The highest BCUT2D eigenvalue weighted by atomic mass is 35.5. The van der Waals surface area contributed by atoms with Gasteiger partial charge in [0.25, 0.3) is 0 Å². The van der Waals surface area contributed by atoms with E-state index in [0.29, 0.717) is 17.8 Å². The Morgan fingerprint density at radius 1 is 1.21 bits per heavy atom. The van der Waals surface area contributed by atoms with E-state index in [2.05, 4.69) is 58.5 Å². The molecular formula is C19H24ClN3O. The molecule has 0 amide bonds. The van der Waals surface area contributed by atoms with Crippen LogP contribution in [0.2, 0.25) is 0 Å². The molecule has 2 unspecified atom stereocenters. The number of methoxy groups -OCH3 is 1. The van der Waals surface area contributed by atoms with Crippen molar-refractivity contribution in [1.82, 2.24) is 15.2 Å². The third-order valence-corrected chi connectivity index (χ3v) is 4.66. The van der Waals surface area contributed by atoms with E-state index in [0.717, 1.165) is 30.9 Å². The molecule has 1 aromatic heterocycles. The second kappa shape index (κ2) is 7.97. The monoisotopic (exact) mass is 345 g/mol. The van der Waals surface area contributed by atoms with Crippen LogP contribution in [0.15, 0.2) is 42.5 Å². The third-order valence-electron chi connectivity index (χ3n) is 4.40. The average Bonchev–Trinajstić information content (AvgIpc) is 2.61. The summed E-state index contributed by atoms with van der Waals surface area (Å²) in [5.41, 5.74) is 3.40. The van der Waals surface area contributed by atoms with Crippen molar-refractivity contribution in [2.75, 3.05) is 20.2 Å². The lowest BCUT2D eigenvalue weighted by atomic mass is 10.0. The van der Waals surface area contributed by atoms with Gasteiger partial charge in [0.15, 0.2) is 0 Å². The summed E-state index contributed by atoms with van der Waals surface area (Å²) >= 11 is 6.12. The van der Waals surface area contributed by atoms with Crippen molar-refractivity contribution >= 4 is 11.6 Å². The summed E-state index contributed by atoms with van der Waals surface area (Å²) in [6.45, 7) is 5.16. The number of aromatic nitrogens is 1. The van der Waals surface area contributed by atoms with Crippen molar-refractivity contribution in [3.8, 4) is 5.88 Å². The minimum absolute atomic E-state index is 0.226. The summed E-state index contributed by atoms with van der Waals surface area (Å²) in [6.07, 6.45) is 0. The predicted octanol–water partition coefficient (Wildman–Crippen LogP) is 3.36. The molecule has 3 rings (SSSR count). The van der Waals surface area contributed by atoms with E-state index in [1.807, 2.05) is 6.07 Å². The summed E-state index contributed by atoms with van der Waals surface area (Å²) < 4.78 is 5.22. The number of benzene rings is 1. The highest BCUT2D eigenvalue weighted by molar-refractivity contribution is 6.17. The van der Waals surface area contributed by atoms with Crippen LogP contribution in [0.4, 0.5) is 0 Å². The molecule has 1 fully saturated rings. The van der Waals surface area contributed by atoms with Crippen LogP contribution >= 0.6 is 11.6 Å². The molecule has 1 saturated heterocycles. The standard InChI is InChI=1S/C19H24ClN3O/c1-14-11-23(12-15-6-4-3-5-7-15)13-18(21-14)16-8-9-19(24-2)22-17(16)10-20/h3-9,14,18,21H,10-13H2,1-2H3. The highest BCUT2D eigenvalue weighted by Gasteiger charge is 2.27. The Balaban J connectivity index is 1.78. The second-order valence-electron chi connectivity index (χ2n) is 6.32. The Hall–Kier alpha value is -1.62. The zero-order valence-corrected chi connectivity index (χ0v) is 15.0. The Morgan fingerprint density at radius 3 is 2.71 bits per heavy atom. The predicted molar refractivity (Wildman–Crippen MR) is 97.4 cm³/mol. The lowest BCUT2D eigenvalue weighted by Crippen LogP contribution is -2.50. The Kier molecular flexibility index (Phi) is 5.72. The van der Waals surface area contributed by atoms with Crippen LogP contribution in [-0.2, 0) is 12.4 Å². The summed E-state index contributed by atoms with van der Waals surface area (Å²) in [6, 6.07) is 15.2. The first kappa shape index (κ1) is 17.2. The van der Waals surface area contributed by atoms with Gasteiger partial charge >= 0.3 is 0 Å². The van der Waals surface area contributed by atoms with Gasteiger partial charge in [-0.25, -0.2) is 4.98 Å². The maximum atomic E-state index is 6.12. The van der Waals surface area contributed by atoms with Gasteiger partial charge in [-0.15, -0.1) is 11.6 Å². The Morgan fingerprint density at radius 2 is 2.00 bits per heavy atom. The average molecular weight is 346 g/mol. The van der Waals surface area contributed by atoms with Gasteiger partial charge in [0.2, 0.25) is 5.88 Å². The maximum Gasteiger partial charge on any atom is 0.213 e. The molecule has 4 nitrogen and oxygen atoms in total. The number of alkyl halides is 1. The van der Waals surface area contributed by atoms with Crippen molar-refractivity contribution in [1.29, 1.82) is 0 Å². The Labute approximate surface area is 148 Å². The summed E-state index contributed by atoms with van der Waals surface area (Å²) in [7, 11) is 1.63. The molecule has 0 saturated carbocycles. The first-order chi connectivity index (χ1) is 11.7. The van der Waals surface area contributed by atoms with Crippen LogP contribution in [-0.4, -0.2) is 36.1 Å². The Bertz CT molecular complexity index is 665. The molecule has 1 aliphatic heterocycles. The van der Waals surface area contributed by atoms with Gasteiger partial charge in [0, 0.05) is 37.8 Å². The van der Waals surface area contributed by atoms with Gasteiger partial charge in [-0.2, -0.15) is 0 Å². The number of hydrogen-bond acceptors (Lipinski definition) is 4. The van der Waals surface area contributed by atoms with E-state index in [1.54, 1.807) is 7.11 Å². The van der Waals surface area contributed by atoms with Crippen molar-refractivity contribution < 1.29 is 4.74 Å². The minimum Gasteiger partial charge on any atom is -0.481 e. The van der Waals surface area contributed by atoms with Crippen molar-refractivity contribution in [2.24, 2.45) is 0 Å². The van der Waals surface area contributed by atoms with E-state index in [4.69, 9.17) is 16.3 Å². The van der Waals surface area contributed by atoms with Gasteiger partial charge < -0.3 is 10.1 Å². The van der Waals surface area contributed by atoms with E-state index < -0.39 is 0 Å². The molecule has 0 aliphatic carbocycles. The molecule has 128 valence electrons. The van der Waals surface area contributed by atoms with Gasteiger partial charge in [-0.3, -0.25) is 4.90 Å². The first-order valence-corrected chi connectivity index (χ1v) is 8.85. The third kappa shape index (κ3) is 4.07. The quantitative estimate of drug-likeness (QED) is 0.843. The number of halogens is 1. The maximum absolute atomic E-state index is 6.12. The summed E-state index contributed by atoms with van der Waals surface area (Å²) in [4.78, 5) is 7.00. The smallest absolute Gasteiger partial charge is 0.213 e. The fourth-order valence-electron chi connectivity index (χ4n) is 3.36. The van der Waals surface area contributed by atoms with Crippen LogP contribution in [0.5, 0.6) is 5.88 Å². The first-order valence-electron chi connectivity index (χ1n) is 8.31. The van der Waals surface area contributed by atoms with E-state index in [-0.39, 0.29) is 6.04 Å². The number of piperazine rings is 1. The SMILES string of the molecule is COc1ccc(C2CN(Cc3ccccc3)CC(C)N2)c(CCl)n1. The zero-order chi connectivity index (χ0) is 16.9. The number of rotatable bonds is 5. The van der Waals surface area contributed by atoms with Gasteiger partial charge in [0.1, 0.15) is 0 Å². The van der Waals surface area contributed by atoms with Crippen LogP contribution < -0.4 is 10.1 Å². The van der Waals surface area contributed by atoms with Crippen LogP contribution in [0, 0.1) is 0 Å². The van der Waals surface area contributed by atoms with Crippen molar-refractivity contribution in [2.45, 2.75) is 31.4 Å². The number of nitrogens with one attached hydrogen (secondary N) is 1. The topological polar surface area (TPSA) is 37.4 Å². The number of pyridine rings is 1. The summed E-state index contributed by atoms with van der Waals surface area (Å²) in [5, 5.41) is 3.68. The van der Waals surface area contributed by atoms with Crippen LogP contribution in [0.25, 0.3) is 0 Å². The van der Waals surface area contributed by atoms with Gasteiger partial charge in [-0.05, 0) is 18.1 Å². The fraction of sp³-hybridized carbons (Fsp3) is 0.421. The van der Waals surface area contributed by atoms with E-state index in [9.17, 15) is 0 Å². The molecule has 2 atom stereocenters. The molecule has 24 heavy (non-hydrogen) atoms. The molecule has 0 bridgehead atoms. The van der Waals surface area contributed by atoms with Crippen LogP contribution in [0.1, 0.15) is 29.8 Å². The molecule has 2 aromatic rings. The lowest BCUT2D eigenvalue weighted by molar-refractivity contribution is 0.159. The molecule has 0 radical (unpaired) electrons. The molecule has 2 heterocycles. The molecule has 1 aliphatic rings. The number of nitrogens with zero attached hydrogens (tertiary/aromatic N) is 2.